The number of rotatable bonds is 6. The Labute approximate surface area is 322 Å². The smallest absolute Gasteiger partial charge is 0.162 e. The van der Waals surface area contributed by atoms with Crippen LogP contribution >= 0.6 is 0 Å². The van der Waals surface area contributed by atoms with Crippen LogP contribution < -0.4 is 0 Å². The molecule has 6 heteroatoms. The van der Waals surface area contributed by atoms with Crippen LogP contribution in [0.2, 0.25) is 0 Å². The van der Waals surface area contributed by atoms with Gasteiger partial charge >= 0.3 is 0 Å². The number of hydrogen-bond donors (Lipinski definition) is 0. The van der Waals surface area contributed by atoms with Gasteiger partial charge in [-0.25, -0.2) is 19.9 Å². The van der Waals surface area contributed by atoms with E-state index in [1.807, 2.05) is 42.5 Å². The Morgan fingerprint density at radius 2 is 0.643 bits per heavy atom. The molecule has 0 spiro atoms. The lowest BCUT2D eigenvalue weighted by molar-refractivity contribution is 1.04. The van der Waals surface area contributed by atoms with Crippen molar-refractivity contribution in [2.24, 2.45) is 0 Å². The lowest BCUT2D eigenvalue weighted by Crippen LogP contribution is -2.03. The first-order valence-electron chi connectivity index (χ1n) is 18.7. The summed E-state index contributed by atoms with van der Waals surface area (Å²) >= 11 is 0. The summed E-state index contributed by atoms with van der Waals surface area (Å²) in [4.78, 5) is 20.8. The summed E-state index contributed by atoms with van der Waals surface area (Å²) in [6.45, 7) is 0. The minimum atomic E-state index is 0.654. The average molecular weight is 717 g/mol. The van der Waals surface area contributed by atoms with Crippen molar-refractivity contribution in [3.63, 3.8) is 0 Å². The first-order chi connectivity index (χ1) is 27.8. The highest BCUT2D eigenvalue weighted by Crippen LogP contribution is 2.37. The van der Waals surface area contributed by atoms with E-state index in [9.17, 15) is 0 Å². The average Bonchev–Trinajstić information content (AvgIpc) is 3.80. The summed E-state index contributed by atoms with van der Waals surface area (Å²) in [5, 5.41) is 4.59. The molecule has 4 heterocycles. The number of benzene rings is 7. The van der Waals surface area contributed by atoms with E-state index in [2.05, 4.69) is 161 Å². The molecule has 0 saturated heterocycles. The molecule has 0 amide bonds. The quantitative estimate of drug-likeness (QED) is 0.172. The van der Waals surface area contributed by atoms with Gasteiger partial charge in [-0.3, -0.25) is 9.13 Å². The van der Waals surface area contributed by atoms with Crippen LogP contribution in [0.3, 0.4) is 0 Å². The molecule has 11 rings (SSSR count). The predicted molar refractivity (Wildman–Crippen MR) is 228 cm³/mol. The third-order valence-corrected chi connectivity index (χ3v) is 10.6. The molecular formula is C50H32N6. The van der Waals surface area contributed by atoms with Gasteiger partial charge in [-0.1, -0.05) is 146 Å². The Morgan fingerprint density at radius 1 is 0.268 bits per heavy atom. The zero-order chi connectivity index (χ0) is 37.0. The largest absolute Gasteiger partial charge is 0.294 e. The van der Waals surface area contributed by atoms with E-state index >= 15 is 0 Å². The fourth-order valence-corrected chi connectivity index (χ4v) is 7.99. The Morgan fingerprint density at radius 3 is 1.12 bits per heavy atom. The molecule has 56 heavy (non-hydrogen) atoms. The third kappa shape index (κ3) is 5.27. The predicted octanol–water partition coefficient (Wildman–Crippen LogP) is 12.1. The lowest BCUT2D eigenvalue weighted by atomic mass is 10.1. The van der Waals surface area contributed by atoms with Gasteiger partial charge in [-0.2, -0.15) is 0 Å². The Kier molecular flexibility index (Phi) is 7.38. The summed E-state index contributed by atoms with van der Waals surface area (Å²) in [5.41, 5.74) is 9.97. The Bertz CT molecular complexity index is 3130. The maximum Gasteiger partial charge on any atom is 0.162 e. The highest BCUT2D eigenvalue weighted by Gasteiger charge is 2.20. The maximum atomic E-state index is 5.34. The van der Waals surface area contributed by atoms with Crippen LogP contribution in [0.1, 0.15) is 0 Å². The fraction of sp³-hybridized carbons (Fsp3) is 0. The third-order valence-electron chi connectivity index (χ3n) is 10.6. The van der Waals surface area contributed by atoms with E-state index in [1.54, 1.807) is 0 Å². The molecule has 7 aromatic carbocycles. The molecule has 4 aromatic heterocycles. The number of fused-ring (bicyclic) bond motifs is 6. The highest BCUT2D eigenvalue weighted by molar-refractivity contribution is 6.11. The van der Waals surface area contributed by atoms with Gasteiger partial charge in [-0.15, -0.1) is 0 Å². The second-order valence-electron chi connectivity index (χ2n) is 13.9. The van der Waals surface area contributed by atoms with Crippen molar-refractivity contribution in [3.8, 4) is 56.9 Å². The number of hydrogen-bond acceptors (Lipinski definition) is 4. The monoisotopic (exact) mass is 716 g/mol. The minimum absolute atomic E-state index is 0.654. The zero-order valence-corrected chi connectivity index (χ0v) is 30.2. The van der Waals surface area contributed by atoms with Crippen molar-refractivity contribution >= 4 is 43.6 Å². The lowest BCUT2D eigenvalue weighted by Gasteiger charge is -2.13. The SMILES string of the molecule is c1ccc(-c2cc(-n3c4ccccc4c4ccccc43)nc(-c3ccc4c(c3)c3ccccc3n4-c3cc(-c4ccccc4)nc(-c4ccccc4)n3)n2)cc1. The van der Waals surface area contributed by atoms with Crippen molar-refractivity contribution in [2.75, 3.05) is 0 Å². The zero-order valence-electron chi connectivity index (χ0n) is 30.2. The topological polar surface area (TPSA) is 61.4 Å². The summed E-state index contributed by atoms with van der Waals surface area (Å²) in [5.74, 6) is 2.94. The van der Waals surface area contributed by atoms with Crippen LogP contribution in [0.4, 0.5) is 0 Å². The van der Waals surface area contributed by atoms with Gasteiger partial charge in [0.25, 0.3) is 0 Å². The molecule has 0 aliphatic rings. The van der Waals surface area contributed by atoms with E-state index in [-0.39, 0.29) is 0 Å². The van der Waals surface area contributed by atoms with Crippen molar-refractivity contribution < 1.29 is 0 Å². The van der Waals surface area contributed by atoms with Gasteiger partial charge in [0.1, 0.15) is 11.6 Å². The van der Waals surface area contributed by atoms with Crippen molar-refractivity contribution in [1.82, 2.24) is 29.1 Å². The molecule has 6 nitrogen and oxygen atoms in total. The second kappa shape index (κ2) is 13.0. The second-order valence-corrected chi connectivity index (χ2v) is 13.9. The standard InChI is InChI=1S/C50H32N6/c1-4-16-33(17-5-1)41-31-47(53-49(51-41)35-20-8-3-9-21-35)56-45-27-15-12-24-39(45)40-30-36(28-29-46(40)56)50-52-42(34-18-6-2-7-19-34)32-48(54-50)55-43-25-13-10-22-37(43)38-23-11-14-26-44(38)55/h1-32H. The highest BCUT2D eigenvalue weighted by atomic mass is 15.1. The molecule has 262 valence electrons. The van der Waals surface area contributed by atoms with Crippen LogP contribution in [-0.4, -0.2) is 29.1 Å². The van der Waals surface area contributed by atoms with Gasteiger partial charge in [-0.05, 0) is 36.4 Å². The summed E-state index contributed by atoms with van der Waals surface area (Å²) in [6.07, 6.45) is 0. The van der Waals surface area contributed by atoms with Gasteiger partial charge in [0.05, 0.1) is 33.5 Å². The van der Waals surface area contributed by atoms with E-state index in [4.69, 9.17) is 19.9 Å². The van der Waals surface area contributed by atoms with Crippen LogP contribution in [0, 0.1) is 0 Å². The van der Waals surface area contributed by atoms with Crippen LogP contribution in [0.15, 0.2) is 194 Å². The van der Waals surface area contributed by atoms with E-state index < -0.39 is 0 Å². The van der Waals surface area contributed by atoms with Crippen LogP contribution in [0.25, 0.3) is 101 Å². The normalized spacial score (nSPS) is 11.6. The van der Waals surface area contributed by atoms with E-state index in [0.29, 0.717) is 11.6 Å². The molecule has 0 radical (unpaired) electrons. The van der Waals surface area contributed by atoms with Gasteiger partial charge < -0.3 is 0 Å². The van der Waals surface area contributed by atoms with Crippen molar-refractivity contribution in [2.45, 2.75) is 0 Å². The molecule has 0 unspecified atom stereocenters. The molecule has 0 fully saturated rings. The van der Waals surface area contributed by atoms with Gasteiger partial charge in [0.2, 0.25) is 0 Å². The van der Waals surface area contributed by atoms with E-state index in [0.717, 1.165) is 78.1 Å². The van der Waals surface area contributed by atoms with E-state index in [1.165, 1.54) is 10.8 Å². The van der Waals surface area contributed by atoms with Crippen LogP contribution in [0.5, 0.6) is 0 Å². The Hall–Kier alpha value is -7.70. The van der Waals surface area contributed by atoms with Gasteiger partial charge in [0, 0.05) is 55.9 Å². The molecular weight excluding hydrogens is 685 g/mol. The molecule has 0 saturated carbocycles. The number of para-hydroxylation sites is 3. The van der Waals surface area contributed by atoms with Crippen LogP contribution in [-0.2, 0) is 0 Å². The summed E-state index contributed by atoms with van der Waals surface area (Å²) < 4.78 is 4.51. The summed E-state index contributed by atoms with van der Waals surface area (Å²) in [7, 11) is 0. The molecule has 0 atom stereocenters. The molecule has 0 N–H and O–H groups in total. The maximum absolute atomic E-state index is 5.34. The Balaban J connectivity index is 1.14. The van der Waals surface area contributed by atoms with Gasteiger partial charge in [0.15, 0.2) is 11.6 Å². The number of aromatic nitrogens is 6. The number of nitrogens with zero attached hydrogens (tertiary/aromatic N) is 6. The molecule has 0 bridgehead atoms. The minimum Gasteiger partial charge on any atom is -0.294 e. The molecule has 11 aromatic rings. The first kappa shape index (κ1) is 31.8. The fourth-order valence-electron chi connectivity index (χ4n) is 7.99. The molecule has 0 aliphatic heterocycles. The summed E-state index contributed by atoms with van der Waals surface area (Å²) in [6, 6.07) is 67.1. The molecule has 0 aliphatic carbocycles. The van der Waals surface area contributed by atoms with Crippen molar-refractivity contribution in [3.05, 3.63) is 194 Å². The first-order valence-corrected chi connectivity index (χ1v) is 18.7. The van der Waals surface area contributed by atoms with Crippen molar-refractivity contribution in [1.29, 1.82) is 0 Å².